The van der Waals surface area contributed by atoms with Crippen LogP contribution in [0, 0.1) is 0 Å². The van der Waals surface area contributed by atoms with Gasteiger partial charge in [0.05, 0.1) is 17.2 Å². The van der Waals surface area contributed by atoms with E-state index in [-0.39, 0.29) is 11.2 Å². The third-order valence-electron chi connectivity index (χ3n) is 5.27. The molecule has 3 aromatic carbocycles. The zero-order chi connectivity index (χ0) is 23.3. The van der Waals surface area contributed by atoms with Gasteiger partial charge in [0.15, 0.2) is 5.17 Å². The van der Waals surface area contributed by atoms with Crippen molar-refractivity contribution in [2.75, 3.05) is 0 Å². The number of nitrogens with one attached hydrogen (secondary N) is 1. The molecule has 0 radical (unpaired) electrons. The van der Waals surface area contributed by atoms with Crippen molar-refractivity contribution in [2.45, 2.75) is 11.7 Å². The molecule has 4 aromatic rings. The number of rotatable bonds is 6. The number of hydrogen-bond acceptors (Lipinski definition) is 5. The number of amidine groups is 1. The Morgan fingerprint density at radius 1 is 1.00 bits per heavy atom. The number of carbonyl (C=O) groups excluding carboxylic acids is 1. The Morgan fingerprint density at radius 2 is 1.71 bits per heavy atom. The van der Waals surface area contributed by atoms with Gasteiger partial charge < -0.3 is 5.32 Å². The largest absolute Gasteiger partial charge is 0.303 e. The first-order valence-electron chi connectivity index (χ1n) is 10.7. The van der Waals surface area contributed by atoms with Crippen LogP contribution in [0.15, 0.2) is 106 Å². The molecule has 1 fully saturated rings. The molecule has 1 atom stereocenters. The van der Waals surface area contributed by atoms with Crippen molar-refractivity contribution in [3.05, 3.63) is 107 Å². The summed E-state index contributed by atoms with van der Waals surface area (Å²) in [4.78, 5) is 12.4. The van der Waals surface area contributed by atoms with Crippen LogP contribution in [0.5, 0.6) is 0 Å². The van der Waals surface area contributed by atoms with Gasteiger partial charge >= 0.3 is 0 Å². The second-order valence-corrected chi connectivity index (χ2v) is 9.76. The fourth-order valence-corrected chi connectivity index (χ4v) is 4.81. The number of nitrogens with zero attached hydrogens (tertiary/aromatic N) is 4. The fourth-order valence-electron chi connectivity index (χ4n) is 3.58. The van der Waals surface area contributed by atoms with Crippen LogP contribution in [0.2, 0.25) is 0 Å². The molecule has 34 heavy (non-hydrogen) atoms. The Labute approximate surface area is 209 Å². The van der Waals surface area contributed by atoms with E-state index in [4.69, 9.17) is 5.10 Å². The molecular formula is C26H20BrN5OS. The van der Waals surface area contributed by atoms with Gasteiger partial charge in [0.2, 0.25) is 5.91 Å². The number of benzene rings is 3. The molecule has 2 heterocycles. The second kappa shape index (κ2) is 10.2. The van der Waals surface area contributed by atoms with E-state index in [1.165, 1.54) is 11.8 Å². The maximum atomic E-state index is 12.4. The fraction of sp³-hybridized carbons (Fsp3) is 0.0769. The summed E-state index contributed by atoms with van der Waals surface area (Å²) in [5, 5.41) is 16.4. The molecule has 5 rings (SSSR count). The smallest absolute Gasteiger partial charge is 0.239 e. The maximum absolute atomic E-state index is 12.4. The SMILES string of the molecule is O=C1N/C(=N\N=C\c2cn(-c3ccccc3)nc2-c2ccccc2)SC1Cc1ccc(Br)cc1. The minimum atomic E-state index is -0.226. The first-order valence-corrected chi connectivity index (χ1v) is 12.4. The lowest BCUT2D eigenvalue weighted by molar-refractivity contribution is -0.118. The summed E-state index contributed by atoms with van der Waals surface area (Å²) in [6, 6.07) is 27.9. The van der Waals surface area contributed by atoms with E-state index in [0.717, 1.165) is 32.5 Å². The second-order valence-electron chi connectivity index (χ2n) is 7.66. The summed E-state index contributed by atoms with van der Waals surface area (Å²) in [6.07, 6.45) is 4.24. The van der Waals surface area contributed by atoms with Crippen LogP contribution in [-0.2, 0) is 11.2 Å². The number of amides is 1. The van der Waals surface area contributed by atoms with Crippen molar-refractivity contribution in [3.63, 3.8) is 0 Å². The first kappa shape index (κ1) is 22.3. The molecule has 1 amide bonds. The van der Waals surface area contributed by atoms with E-state index < -0.39 is 0 Å². The van der Waals surface area contributed by atoms with Crippen LogP contribution < -0.4 is 5.32 Å². The average molecular weight is 530 g/mol. The Kier molecular flexibility index (Phi) is 6.69. The van der Waals surface area contributed by atoms with Crippen LogP contribution >= 0.6 is 27.7 Å². The lowest BCUT2D eigenvalue weighted by Crippen LogP contribution is -2.25. The predicted molar refractivity (Wildman–Crippen MR) is 141 cm³/mol. The van der Waals surface area contributed by atoms with Crippen LogP contribution in [0.3, 0.4) is 0 Å². The minimum absolute atomic E-state index is 0.0521. The third kappa shape index (κ3) is 5.18. The van der Waals surface area contributed by atoms with Gasteiger partial charge in [-0.25, -0.2) is 4.68 Å². The number of carbonyl (C=O) groups is 1. The highest BCUT2D eigenvalue weighted by Crippen LogP contribution is 2.25. The van der Waals surface area contributed by atoms with Gasteiger partial charge in [0.25, 0.3) is 0 Å². The Morgan fingerprint density at radius 3 is 2.44 bits per heavy atom. The highest BCUT2D eigenvalue weighted by atomic mass is 79.9. The molecule has 0 spiro atoms. The van der Waals surface area contributed by atoms with Gasteiger partial charge in [0, 0.05) is 21.8 Å². The van der Waals surface area contributed by atoms with Crippen LogP contribution in [0.4, 0.5) is 0 Å². The van der Waals surface area contributed by atoms with E-state index in [2.05, 4.69) is 31.4 Å². The average Bonchev–Trinajstić information content (AvgIpc) is 3.45. The molecule has 1 saturated heterocycles. The maximum Gasteiger partial charge on any atom is 0.239 e. The molecule has 1 aliphatic heterocycles. The third-order valence-corrected chi connectivity index (χ3v) is 6.87. The minimum Gasteiger partial charge on any atom is -0.303 e. The molecule has 1 aliphatic rings. The van der Waals surface area contributed by atoms with Gasteiger partial charge in [-0.05, 0) is 36.2 Å². The molecule has 0 saturated carbocycles. The van der Waals surface area contributed by atoms with Crippen molar-refractivity contribution in [1.82, 2.24) is 15.1 Å². The first-order chi connectivity index (χ1) is 16.7. The summed E-state index contributed by atoms with van der Waals surface area (Å²) in [6.45, 7) is 0. The van der Waals surface area contributed by atoms with E-state index in [9.17, 15) is 4.79 Å². The highest BCUT2D eigenvalue weighted by molar-refractivity contribution is 9.10. The van der Waals surface area contributed by atoms with E-state index in [1.54, 1.807) is 6.21 Å². The summed E-state index contributed by atoms with van der Waals surface area (Å²) in [5.74, 6) is -0.0521. The van der Waals surface area contributed by atoms with Crippen molar-refractivity contribution in [1.29, 1.82) is 0 Å². The highest BCUT2D eigenvalue weighted by Gasteiger charge is 2.30. The molecule has 0 aliphatic carbocycles. The normalized spacial score (nSPS) is 16.9. The number of halogens is 1. The number of thioether (sulfide) groups is 1. The molecule has 0 bridgehead atoms. The zero-order valence-electron chi connectivity index (χ0n) is 18.0. The van der Waals surface area contributed by atoms with Gasteiger partial charge in [0.1, 0.15) is 5.69 Å². The summed E-state index contributed by atoms with van der Waals surface area (Å²) >= 11 is 4.84. The molecule has 1 aromatic heterocycles. The monoisotopic (exact) mass is 529 g/mol. The number of para-hydroxylation sites is 1. The summed E-state index contributed by atoms with van der Waals surface area (Å²) in [7, 11) is 0. The van der Waals surface area contributed by atoms with Gasteiger partial charge in [-0.3, -0.25) is 4.79 Å². The topological polar surface area (TPSA) is 71.6 Å². The Hall–Kier alpha value is -3.49. The molecule has 6 nitrogen and oxygen atoms in total. The molecular weight excluding hydrogens is 510 g/mol. The predicted octanol–water partition coefficient (Wildman–Crippen LogP) is 5.47. The van der Waals surface area contributed by atoms with E-state index in [1.807, 2.05) is 95.8 Å². The summed E-state index contributed by atoms with van der Waals surface area (Å²) < 4.78 is 2.85. The van der Waals surface area contributed by atoms with Gasteiger partial charge in [-0.2, -0.15) is 10.2 Å². The molecule has 168 valence electrons. The number of aromatic nitrogens is 2. The van der Waals surface area contributed by atoms with Crippen LogP contribution in [0.25, 0.3) is 16.9 Å². The lowest BCUT2D eigenvalue weighted by atomic mass is 10.1. The van der Waals surface area contributed by atoms with E-state index >= 15 is 0 Å². The van der Waals surface area contributed by atoms with Gasteiger partial charge in [-0.1, -0.05) is 88.4 Å². The zero-order valence-corrected chi connectivity index (χ0v) is 20.4. The quantitative estimate of drug-likeness (QED) is 0.266. The molecule has 1 N–H and O–H groups in total. The Bertz CT molecular complexity index is 1350. The van der Waals surface area contributed by atoms with E-state index in [0.29, 0.717) is 11.6 Å². The van der Waals surface area contributed by atoms with Crippen LogP contribution in [0.1, 0.15) is 11.1 Å². The van der Waals surface area contributed by atoms with Crippen molar-refractivity contribution >= 4 is 45.0 Å². The van der Waals surface area contributed by atoms with Crippen molar-refractivity contribution < 1.29 is 4.79 Å². The Balaban J connectivity index is 1.36. The lowest BCUT2D eigenvalue weighted by Gasteiger charge is -2.05. The molecule has 1 unspecified atom stereocenters. The van der Waals surface area contributed by atoms with Crippen molar-refractivity contribution in [2.24, 2.45) is 10.2 Å². The van der Waals surface area contributed by atoms with Crippen molar-refractivity contribution in [3.8, 4) is 16.9 Å². The summed E-state index contributed by atoms with van der Waals surface area (Å²) in [5.41, 5.74) is 4.69. The number of hydrogen-bond donors (Lipinski definition) is 1. The standard InChI is InChI=1S/C26H20BrN5OS/c27-21-13-11-18(12-14-21)15-23-25(33)29-26(34-23)30-28-16-20-17-32(22-9-5-2-6-10-22)31-24(20)19-7-3-1-4-8-19/h1-14,16-17,23H,15H2,(H,29,30,33)/b28-16+. The van der Waals surface area contributed by atoms with Gasteiger partial charge in [-0.15, -0.1) is 5.10 Å². The molecule has 8 heteroatoms. The van der Waals surface area contributed by atoms with Crippen LogP contribution in [-0.4, -0.2) is 32.3 Å².